The van der Waals surface area contributed by atoms with Crippen LogP contribution in [0.4, 0.5) is 0 Å². The molecule has 1 heterocycles. The van der Waals surface area contributed by atoms with E-state index in [1.165, 1.54) is 0 Å². The zero-order valence-electron chi connectivity index (χ0n) is 8.12. The fourth-order valence-corrected chi connectivity index (χ4v) is 2.38. The number of hydrogen-bond acceptors (Lipinski definition) is 4. The van der Waals surface area contributed by atoms with Crippen LogP contribution in [0.2, 0.25) is 0 Å². The summed E-state index contributed by atoms with van der Waals surface area (Å²) in [5.41, 5.74) is 0. The van der Waals surface area contributed by atoms with Gasteiger partial charge in [-0.2, -0.15) is 8.42 Å². The van der Waals surface area contributed by atoms with Gasteiger partial charge < -0.3 is 5.32 Å². The zero-order valence-corrected chi connectivity index (χ0v) is 8.93. The van der Waals surface area contributed by atoms with Crippen LogP contribution in [0, 0.1) is 5.92 Å². The molecule has 78 valence electrons. The minimum atomic E-state index is -3.29. The van der Waals surface area contributed by atoms with Gasteiger partial charge in [0.15, 0.2) is 0 Å². The Kier molecular flexibility index (Phi) is 3.70. The van der Waals surface area contributed by atoms with Crippen LogP contribution in [-0.2, 0) is 14.3 Å². The van der Waals surface area contributed by atoms with Crippen molar-refractivity contribution in [2.45, 2.75) is 25.9 Å². The highest BCUT2D eigenvalue weighted by atomic mass is 32.2. The third-order valence-corrected chi connectivity index (χ3v) is 3.03. The quantitative estimate of drug-likeness (QED) is 0.678. The maximum absolute atomic E-state index is 10.8. The van der Waals surface area contributed by atoms with Gasteiger partial charge in [0, 0.05) is 0 Å². The van der Waals surface area contributed by atoms with Crippen LogP contribution >= 0.6 is 0 Å². The van der Waals surface area contributed by atoms with Crippen LogP contribution in [-0.4, -0.2) is 33.9 Å². The molecule has 0 saturated carbocycles. The molecule has 0 aromatic carbocycles. The molecule has 0 spiro atoms. The Balaban J connectivity index is 2.42. The van der Waals surface area contributed by atoms with E-state index in [2.05, 4.69) is 5.32 Å². The second-order valence-electron chi connectivity index (χ2n) is 3.59. The first-order valence-electron chi connectivity index (χ1n) is 4.58. The molecule has 0 aromatic rings. The molecule has 1 atom stereocenters. The lowest BCUT2D eigenvalue weighted by molar-refractivity contribution is 0.136. The monoisotopic (exact) mass is 207 g/mol. The van der Waals surface area contributed by atoms with Gasteiger partial charge in [0.25, 0.3) is 10.1 Å². The van der Waals surface area contributed by atoms with Crippen molar-refractivity contribution in [1.82, 2.24) is 5.32 Å². The fraction of sp³-hybridized carbons (Fsp3) is 1.00. The molecule has 0 aromatic heterocycles. The summed E-state index contributed by atoms with van der Waals surface area (Å²) in [6, 6.07) is 0. The Morgan fingerprint density at radius 3 is 2.38 bits per heavy atom. The van der Waals surface area contributed by atoms with Crippen LogP contribution in [0.1, 0.15) is 19.8 Å². The summed E-state index contributed by atoms with van der Waals surface area (Å²) >= 11 is 0. The molecule has 5 heteroatoms. The van der Waals surface area contributed by atoms with E-state index in [0.29, 0.717) is 5.92 Å². The van der Waals surface area contributed by atoms with Gasteiger partial charge in [0.2, 0.25) is 0 Å². The van der Waals surface area contributed by atoms with Gasteiger partial charge in [-0.3, -0.25) is 4.18 Å². The van der Waals surface area contributed by atoms with E-state index in [0.717, 1.165) is 32.2 Å². The third-order valence-electron chi connectivity index (χ3n) is 2.37. The first kappa shape index (κ1) is 10.9. The van der Waals surface area contributed by atoms with Crippen molar-refractivity contribution in [3.05, 3.63) is 0 Å². The molecule has 1 aliphatic rings. The molecule has 1 rings (SSSR count). The predicted molar refractivity (Wildman–Crippen MR) is 51.0 cm³/mol. The van der Waals surface area contributed by atoms with Gasteiger partial charge in [-0.25, -0.2) is 0 Å². The van der Waals surface area contributed by atoms with Gasteiger partial charge in [0.1, 0.15) is 0 Å². The van der Waals surface area contributed by atoms with Crippen molar-refractivity contribution in [2.24, 2.45) is 5.92 Å². The first-order chi connectivity index (χ1) is 5.99. The summed E-state index contributed by atoms with van der Waals surface area (Å²) in [5.74, 6) is 0.371. The van der Waals surface area contributed by atoms with Gasteiger partial charge in [-0.1, -0.05) is 0 Å². The molecule has 0 amide bonds. The van der Waals surface area contributed by atoms with Crippen molar-refractivity contribution in [1.29, 1.82) is 0 Å². The second kappa shape index (κ2) is 4.39. The molecular weight excluding hydrogens is 190 g/mol. The molecule has 13 heavy (non-hydrogen) atoms. The summed E-state index contributed by atoms with van der Waals surface area (Å²) in [6.07, 6.45) is 2.91. The average Bonchev–Trinajstić information content (AvgIpc) is 2.03. The average molecular weight is 207 g/mol. The maximum Gasteiger partial charge on any atom is 0.264 e. The Bertz CT molecular complexity index is 244. The molecule has 1 fully saturated rings. The standard InChI is InChI=1S/C8H17NO3S/c1-7(12-13(2,10)11)8-3-5-9-6-4-8/h7-9H,3-6H2,1-2H3/t7-/m1/s1. The highest BCUT2D eigenvalue weighted by molar-refractivity contribution is 7.86. The zero-order chi connectivity index (χ0) is 9.90. The molecule has 0 radical (unpaired) electrons. The molecule has 1 saturated heterocycles. The Morgan fingerprint density at radius 2 is 1.92 bits per heavy atom. The predicted octanol–water partition coefficient (Wildman–Crippen LogP) is 0.351. The molecular formula is C8H17NO3S. The van der Waals surface area contributed by atoms with Crippen molar-refractivity contribution >= 4 is 10.1 Å². The van der Waals surface area contributed by atoms with Crippen molar-refractivity contribution in [3.63, 3.8) is 0 Å². The van der Waals surface area contributed by atoms with Gasteiger partial charge in [0.05, 0.1) is 12.4 Å². The van der Waals surface area contributed by atoms with Crippen LogP contribution in [0.15, 0.2) is 0 Å². The van der Waals surface area contributed by atoms with E-state index in [1.54, 1.807) is 0 Å². The lowest BCUT2D eigenvalue weighted by Gasteiger charge is -2.27. The van der Waals surface area contributed by atoms with Crippen molar-refractivity contribution in [2.75, 3.05) is 19.3 Å². The molecule has 1 N–H and O–H groups in total. The van der Waals surface area contributed by atoms with E-state index in [9.17, 15) is 8.42 Å². The summed E-state index contributed by atoms with van der Waals surface area (Å²) in [4.78, 5) is 0. The van der Waals surface area contributed by atoms with E-state index in [1.807, 2.05) is 6.92 Å². The van der Waals surface area contributed by atoms with E-state index in [-0.39, 0.29) is 6.10 Å². The van der Waals surface area contributed by atoms with E-state index >= 15 is 0 Å². The smallest absolute Gasteiger partial charge is 0.264 e. The fourth-order valence-electron chi connectivity index (χ4n) is 1.67. The Morgan fingerprint density at radius 1 is 1.38 bits per heavy atom. The van der Waals surface area contributed by atoms with E-state index < -0.39 is 10.1 Å². The Hall–Kier alpha value is -0.130. The topological polar surface area (TPSA) is 55.4 Å². The minimum Gasteiger partial charge on any atom is -0.317 e. The summed E-state index contributed by atoms with van der Waals surface area (Å²) in [6.45, 7) is 3.75. The highest BCUT2D eigenvalue weighted by Crippen LogP contribution is 2.19. The molecule has 0 aliphatic carbocycles. The van der Waals surface area contributed by atoms with Crippen LogP contribution in [0.5, 0.6) is 0 Å². The second-order valence-corrected chi connectivity index (χ2v) is 5.19. The summed E-state index contributed by atoms with van der Waals surface area (Å²) < 4.78 is 26.6. The Labute approximate surface area is 79.8 Å². The third kappa shape index (κ3) is 4.06. The highest BCUT2D eigenvalue weighted by Gasteiger charge is 2.23. The van der Waals surface area contributed by atoms with Gasteiger partial charge in [-0.15, -0.1) is 0 Å². The number of hydrogen-bond donors (Lipinski definition) is 1. The molecule has 1 aliphatic heterocycles. The summed E-state index contributed by atoms with van der Waals surface area (Å²) in [7, 11) is -3.29. The molecule has 4 nitrogen and oxygen atoms in total. The minimum absolute atomic E-state index is 0.183. The normalized spacial score (nSPS) is 22.9. The molecule has 0 bridgehead atoms. The van der Waals surface area contributed by atoms with E-state index in [4.69, 9.17) is 4.18 Å². The molecule has 0 unspecified atom stereocenters. The van der Waals surface area contributed by atoms with Crippen LogP contribution in [0.3, 0.4) is 0 Å². The number of piperidine rings is 1. The van der Waals surface area contributed by atoms with Crippen LogP contribution in [0.25, 0.3) is 0 Å². The maximum atomic E-state index is 10.8. The number of nitrogens with one attached hydrogen (secondary N) is 1. The van der Waals surface area contributed by atoms with Gasteiger partial charge >= 0.3 is 0 Å². The number of rotatable bonds is 3. The lowest BCUT2D eigenvalue weighted by Crippen LogP contribution is -2.34. The van der Waals surface area contributed by atoms with Crippen molar-refractivity contribution < 1.29 is 12.6 Å². The lowest BCUT2D eigenvalue weighted by atomic mass is 9.93. The van der Waals surface area contributed by atoms with Gasteiger partial charge in [-0.05, 0) is 38.8 Å². The summed E-state index contributed by atoms with van der Waals surface area (Å²) in [5, 5.41) is 3.23. The first-order valence-corrected chi connectivity index (χ1v) is 6.39. The SMILES string of the molecule is C[C@@H](OS(C)(=O)=O)C1CCNCC1. The van der Waals surface area contributed by atoms with Crippen LogP contribution < -0.4 is 5.32 Å². The largest absolute Gasteiger partial charge is 0.317 e. The van der Waals surface area contributed by atoms with Crippen molar-refractivity contribution in [3.8, 4) is 0 Å².